The minimum absolute atomic E-state index is 0.106. The molecule has 0 spiro atoms. The summed E-state index contributed by atoms with van der Waals surface area (Å²) < 4.78 is 0. The maximum Gasteiger partial charge on any atom is 0.220 e. The van der Waals surface area contributed by atoms with Gasteiger partial charge in [-0.25, -0.2) is 0 Å². The molecule has 2 rings (SSSR count). The van der Waals surface area contributed by atoms with Crippen LogP contribution in [-0.2, 0) is 10.2 Å². The number of hydrogen-bond donors (Lipinski definition) is 1. The number of rotatable bonds is 3. The van der Waals surface area contributed by atoms with E-state index in [9.17, 15) is 4.79 Å². The van der Waals surface area contributed by atoms with Crippen LogP contribution in [0.1, 0.15) is 24.8 Å². The van der Waals surface area contributed by atoms with Crippen LogP contribution in [0.3, 0.4) is 0 Å². The molecular formula is C14H15Cl2NO. The van der Waals surface area contributed by atoms with E-state index in [2.05, 4.69) is 11.9 Å². The predicted octanol–water partition coefficient (Wildman–Crippen LogP) is 3.72. The lowest BCUT2D eigenvalue weighted by molar-refractivity contribution is -0.123. The highest BCUT2D eigenvalue weighted by Crippen LogP contribution is 2.37. The minimum atomic E-state index is -0.107. The molecule has 2 nitrogen and oxygen atoms in total. The fraction of sp³-hybridized carbons (Fsp3) is 0.357. The topological polar surface area (TPSA) is 29.1 Å². The number of nitrogens with one attached hydrogen (secondary N) is 1. The van der Waals surface area contributed by atoms with Crippen molar-refractivity contribution in [2.45, 2.75) is 24.7 Å². The lowest BCUT2D eigenvalue weighted by Gasteiger charge is -2.37. The Kier molecular flexibility index (Phi) is 3.98. The molecule has 1 aromatic carbocycles. The number of carbonyl (C=O) groups is 1. The summed E-state index contributed by atoms with van der Waals surface area (Å²) in [5.74, 6) is 0.106. The molecule has 1 aliphatic heterocycles. The van der Waals surface area contributed by atoms with E-state index < -0.39 is 0 Å². The van der Waals surface area contributed by atoms with Crippen LogP contribution in [-0.4, -0.2) is 12.5 Å². The second-order valence-corrected chi connectivity index (χ2v) is 5.49. The van der Waals surface area contributed by atoms with E-state index in [0.29, 0.717) is 23.0 Å². The highest BCUT2D eigenvalue weighted by Gasteiger charge is 2.35. The van der Waals surface area contributed by atoms with Crippen molar-refractivity contribution >= 4 is 29.1 Å². The first-order chi connectivity index (χ1) is 8.57. The lowest BCUT2D eigenvalue weighted by atomic mass is 9.72. The quantitative estimate of drug-likeness (QED) is 0.842. The van der Waals surface area contributed by atoms with Crippen molar-refractivity contribution in [3.8, 4) is 0 Å². The molecule has 1 heterocycles. The van der Waals surface area contributed by atoms with Crippen molar-refractivity contribution in [3.63, 3.8) is 0 Å². The van der Waals surface area contributed by atoms with Crippen LogP contribution in [0.2, 0.25) is 10.0 Å². The summed E-state index contributed by atoms with van der Waals surface area (Å²) in [6, 6.07) is 5.68. The molecule has 0 aromatic heterocycles. The van der Waals surface area contributed by atoms with Gasteiger partial charge in [-0.15, -0.1) is 6.58 Å². The van der Waals surface area contributed by atoms with E-state index in [-0.39, 0.29) is 11.3 Å². The monoisotopic (exact) mass is 283 g/mol. The Balaban J connectivity index is 2.37. The van der Waals surface area contributed by atoms with E-state index in [1.165, 1.54) is 0 Å². The van der Waals surface area contributed by atoms with E-state index in [1.807, 2.05) is 18.2 Å². The summed E-state index contributed by atoms with van der Waals surface area (Å²) in [6.07, 6.45) is 4.04. The molecule has 0 bridgehead atoms. The lowest BCUT2D eigenvalue weighted by Crippen LogP contribution is -2.45. The first-order valence-electron chi connectivity index (χ1n) is 5.90. The van der Waals surface area contributed by atoms with Crippen molar-refractivity contribution in [1.82, 2.24) is 5.32 Å². The molecule has 1 fully saturated rings. The fourth-order valence-electron chi connectivity index (χ4n) is 2.44. The van der Waals surface area contributed by atoms with Gasteiger partial charge >= 0.3 is 0 Å². The molecule has 1 aliphatic rings. The maximum absolute atomic E-state index is 11.3. The highest BCUT2D eigenvalue weighted by molar-refractivity contribution is 6.42. The largest absolute Gasteiger partial charge is 0.355 e. The fourth-order valence-corrected chi connectivity index (χ4v) is 2.74. The van der Waals surface area contributed by atoms with E-state index in [1.54, 1.807) is 6.07 Å². The van der Waals surface area contributed by atoms with Gasteiger partial charge in [-0.05, 0) is 30.5 Å². The SMILES string of the molecule is C=CC[C@@]1(c2ccc(Cl)c(Cl)c2)CCC(=O)NC1. The Morgan fingerprint density at radius 2 is 2.17 bits per heavy atom. The van der Waals surface area contributed by atoms with Gasteiger partial charge in [0.2, 0.25) is 5.91 Å². The van der Waals surface area contributed by atoms with Gasteiger partial charge < -0.3 is 5.32 Å². The summed E-state index contributed by atoms with van der Waals surface area (Å²) in [4.78, 5) is 11.3. The second-order valence-electron chi connectivity index (χ2n) is 4.68. The third-order valence-electron chi connectivity index (χ3n) is 3.52. The van der Waals surface area contributed by atoms with Crippen LogP contribution in [0.25, 0.3) is 0 Å². The Labute approximate surface area is 117 Å². The molecule has 0 saturated carbocycles. The Morgan fingerprint density at radius 1 is 1.39 bits per heavy atom. The Bertz CT molecular complexity index is 475. The zero-order valence-electron chi connectivity index (χ0n) is 10.0. The molecule has 0 unspecified atom stereocenters. The molecule has 18 heavy (non-hydrogen) atoms. The summed E-state index contributed by atoms with van der Waals surface area (Å²) in [6.45, 7) is 4.43. The summed E-state index contributed by atoms with van der Waals surface area (Å²) >= 11 is 12.0. The average Bonchev–Trinajstić information content (AvgIpc) is 2.36. The van der Waals surface area contributed by atoms with Crippen molar-refractivity contribution in [3.05, 3.63) is 46.5 Å². The van der Waals surface area contributed by atoms with Gasteiger partial charge in [-0.1, -0.05) is 35.3 Å². The van der Waals surface area contributed by atoms with Crippen LogP contribution >= 0.6 is 23.2 Å². The number of halogens is 2. The van der Waals surface area contributed by atoms with Crippen LogP contribution in [0.4, 0.5) is 0 Å². The molecule has 1 amide bonds. The predicted molar refractivity (Wildman–Crippen MR) is 75.2 cm³/mol. The van der Waals surface area contributed by atoms with Gasteiger partial charge in [0.1, 0.15) is 0 Å². The first kappa shape index (κ1) is 13.4. The normalized spacial score (nSPS) is 23.6. The van der Waals surface area contributed by atoms with Crippen LogP contribution < -0.4 is 5.32 Å². The molecule has 0 radical (unpaired) electrons. The molecule has 96 valence electrons. The Morgan fingerprint density at radius 3 is 2.72 bits per heavy atom. The van der Waals surface area contributed by atoms with Crippen molar-refractivity contribution in [2.75, 3.05) is 6.54 Å². The second kappa shape index (κ2) is 5.33. The van der Waals surface area contributed by atoms with Crippen molar-refractivity contribution in [2.24, 2.45) is 0 Å². The Hall–Kier alpha value is -0.990. The zero-order valence-corrected chi connectivity index (χ0v) is 11.5. The zero-order chi connectivity index (χ0) is 13.2. The molecule has 0 aliphatic carbocycles. The number of hydrogen-bond acceptors (Lipinski definition) is 1. The molecular weight excluding hydrogens is 269 g/mol. The van der Waals surface area contributed by atoms with Crippen molar-refractivity contribution in [1.29, 1.82) is 0 Å². The van der Waals surface area contributed by atoms with Crippen molar-refractivity contribution < 1.29 is 4.79 Å². The standard InChI is InChI=1S/C14H15Cl2NO/c1-2-6-14(7-5-13(18)17-9-14)10-3-4-11(15)12(16)8-10/h2-4,8H,1,5-7,9H2,(H,17,18)/t14-/m1/s1. The minimum Gasteiger partial charge on any atom is -0.355 e. The molecule has 1 atom stereocenters. The molecule has 1 saturated heterocycles. The third kappa shape index (κ3) is 2.55. The summed E-state index contributed by atoms with van der Waals surface area (Å²) in [5.41, 5.74) is 1.00. The van der Waals surface area contributed by atoms with E-state index in [4.69, 9.17) is 23.2 Å². The highest BCUT2D eigenvalue weighted by atomic mass is 35.5. The number of piperidine rings is 1. The van der Waals surface area contributed by atoms with Crippen LogP contribution in [0, 0.1) is 0 Å². The smallest absolute Gasteiger partial charge is 0.220 e. The molecule has 1 aromatic rings. The number of carbonyl (C=O) groups excluding carboxylic acids is 1. The van der Waals surface area contributed by atoms with Crippen LogP contribution in [0.15, 0.2) is 30.9 Å². The maximum atomic E-state index is 11.3. The van der Waals surface area contributed by atoms with Gasteiger partial charge in [0.05, 0.1) is 10.0 Å². The van der Waals surface area contributed by atoms with Gasteiger partial charge in [0.25, 0.3) is 0 Å². The summed E-state index contributed by atoms with van der Waals surface area (Å²) in [5, 5.41) is 4.03. The van der Waals surface area contributed by atoms with Crippen LogP contribution in [0.5, 0.6) is 0 Å². The van der Waals surface area contributed by atoms with Gasteiger partial charge in [0.15, 0.2) is 0 Å². The number of amides is 1. The number of benzene rings is 1. The van der Waals surface area contributed by atoms with Gasteiger partial charge in [-0.2, -0.15) is 0 Å². The third-order valence-corrected chi connectivity index (χ3v) is 4.26. The average molecular weight is 284 g/mol. The van der Waals surface area contributed by atoms with E-state index in [0.717, 1.165) is 18.4 Å². The van der Waals surface area contributed by atoms with Gasteiger partial charge in [0, 0.05) is 18.4 Å². The molecule has 4 heteroatoms. The van der Waals surface area contributed by atoms with E-state index >= 15 is 0 Å². The first-order valence-corrected chi connectivity index (χ1v) is 6.66. The summed E-state index contributed by atoms with van der Waals surface area (Å²) in [7, 11) is 0. The van der Waals surface area contributed by atoms with Gasteiger partial charge in [-0.3, -0.25) is 4.79 Å². The number of allylic oxidation sites excluding steroid dienone is 1. The molecule has 1 N–H and O–H groups in total.